The fourth-order valence-corrected chi connectivity index (χ4v) is 2.06. The molecule has 0 bridgehead atoms. The van der Waals surface area contributed by atoms with Gasteiger partial charge in [-0.05, 0) is 19.8 Å². The molecule has 1 aromatic rings. The molecule has 0 atom stereocenters. The molecule has 3 nitrogen and oxygen atoms in total. The first-order valence-corrected chi connectivity index (χ1v) is 5.63. The summed E-state index contributed by atoms with van der Waals surface area (Å²) in [5.41, 5.74) is 1.30. The van der Waals surface area contributed by atoms with Gasteiger partial charge in [-0.25, -0.2) is 0 Å². The van der Waals surface area contributed by atoms with E-state index in [4.69, 9.17) is 0 Å². The summed E-state index contributed by atoms with van der Waals surface area (Å²) < 4.78 is 1.98. The average molecular weight is 193 g/mol. The number of aromatic nitrogens is 2. The van der Waals surface area contributed by atoms with Gasteiger partial charge >= 0.3 is 0 Å². The zero-order valence-corrected chi connectivity index (χ0v) is 8.87. The molecule has 14 heavy (non-hydrogen) atoms. The summed E-state index contributed by atoms with van der Waals surface area (Å²) in [6.45, 7) is 4.05. The molecule has 0 unspecified atom stereocenters. The van der Waals surface area contributed by atoms with Crippen molar-refractivity contribution in [2.45, 2.75) is 51.7 Å². The van der Waals surface area contributed by atoms with Gasteiger partial charge in [0.05, 0.1) is 6.20 Å². The van der Waals surface area contributed by atoms with Crippen molar-refractivity contribution in [3.05, 3.63) is 18.0 Å². The minimum absolute atomic E-state index is 0.750. The Labute approximate surface area is 85.5 Å². The zero-order valence-electron chi connectivity index (χ0n) is 8.87. The lowest BCUT2D eigenvalue weighted by Gasteiger charge is -2.09. The summed E-state index contributed by atoms with van der Waals surface area (Å²) in [6, 6.07) is 0.750. The molecule has 1 aliphatic rings. The molecule has 1 N–H and O–H groups in total. The van der Waals surface area contributed by atoms with Crippen LogP contribution in [0, 0.1) is 0 Å². The van der Waals surface area contributed by atoms with E-state index in [-0.39, 0.29) is 0 Å². The van der Waals surface area contributed by atoms with E-state index >= 15 is 0 Å². The van der Waals surface area contributed by atoms with Crippen molar-refractivity contribution < 1.29 is 0 Å². The first-order valence-electron chi connectivity index (χ1n) is 5.63. The third-order valence-electron chi connectivity index (χ3n) is 2.96. The van der Waals surface area contributed by atoms with Gasteiger partial charge in [-0.3, -0.25) is 4.68 Å². The Kier molecular flexibility index (Phi) is 3.19. The summed E-state index contributed by atoms with van der Waals surface area (Å²) in [7, 11) is 0. The number of hydrogen-bond donors (Lipinski definition) is 1. The van der Waals surface area contributed by atoms with Crippen LogP contribution >= 0.6 is 0 Å². The molecule has 0 radical (unpaired) electrons. The standard InChI is InChI=1S/C11H19N3/c1-2-14-9-10(8-13-14)7-12-11-5-3-4-6-11/h8-9,11-12H,2-7H2,1H3. The van der Waals surface area contributed by atoms with Gasteiger partial charge in [0.1, 0.15) is 0 Å². The average Bonchev–Trinajstić information content (AvgIpc) is 2.86. The zero-order chi connectivity index (χ0) is 9.80. The fourth-order valence-electron chi connectivity index (χ4n) is 2.06. The number of nitrogens with one attached hydrogen (secondary N) is 1. The van der Waals surface area contributed by atoms with Crippen LogP contribution in [0.1, 0.15) is 38.2 Å². The Morgan fingerprint density at radius 1 is 1.50 bits per heavy atom. The van der Waals surface area contributed by atoms with Crippen molar-refractivity contribution in [3.8, 4) is 0 Å². The van der Waals surface area contributed by atoms with Crippen LogP contribution in [0.2, 0.25) is 0 Å². The minimum Gasteiger partial charge on any atom is -0.310 e. The Hall–Kier alpha value is -0.830. The molecule has 0 aliphatic heterocycles. The van der Waals surface area contributed by atoms with E-state index in [2.05, 4.69) is 23.5 Å². The fraction of sp³-hybridized carbons (Fsp3) is 0.727. The van der Waals surface area contributed by atoms with Crippen molar-refractivity contribution in [1.29, 1.82) is 0 Å². The van der Waals surface area contributed by atoms with E-state index in [1.54, 1.807) is 0 Å². The van der Waals surface area contributed by atoms with Gasteiger partial charge in [0.15, 0.2) is 0 Å². The monoisotopic (exact) mass is 193 g/mol. The summed E-state index contributed by atoms with van der Waals surface area (Å²) in [5, 5.41) is 7.84. The van der Waals surface area contributed by atoms with E-state index in [1.807, 2.05) is 10.9 Å². The molecule has 1 fully saturated rings. The Morgan fingerprint density at radius 2 is 2.29 bits per heavy atom. The van der Waals surface area contributed by atoms with E-state index < -0.39 is 0 Å². The van der Waals surface area contributed by atoms with Gasteiger partial charge < -0.3 is 5.32 Å². The molecule has 0 amide bonds. The highest BCUT2D eigenvalue weighted by molar-refractivity contribution is 5.03. The molecule has 0 spiro atoms. The van der Waals surface area contributed by atoms with Gasteiger partial charge in [-0.2, -0.15) is 5.10 Å². The van der Waals surface area contributed by atoms with Crippen LogP contribution < -0.4 is 5.32 Å². The summed E-state index contributed by atoms with van der Waals surface area (Å²) in [5.74, 6) is 0. The van der Waals surface area contributed by atoms with Crippen LogP contribution in [0.15, 0.2) is 12.4 Å². The van der Waals surface area contributed by atoms with E-state index in [9.17, 15) is 0 Å². The summed E-state index contributed by atoms with van der Waals surface area (Å²) in [6.07, 6.45) is 9.58. The lowest BCUT2D eigenvalue weighted by Crippen LogP contribution is -2.25. The van der Waals surface area contributed by atoms with Crippen LogP contribution in [0.3, 0.4) is 0 Å². The van der Waals surface area contributed by atoms with Crippen molar-refractivity contribution in [1.82, 2.24) is 15.1 Å². The number of aryl methyl sites for hydroxylation is 1. The van der Waals surface area contributed by atoms with Crippen molar-refractivity contribution >= 4 is 0 Å². The Balaban J connectivity index is 1.79. The van der Waals surface area contributed by atoms with Crippen LogP contribution in [0.25, 0.3) is 0 Å². The van der Waals surface area contributed by atoms with Crippen molar-refractivity contribution in [3.63, 3.8) is 0 Å². The molecule has 0 saturated heterocycles. The molecule has 1 saturated carbocycles. The first kappa shape index (κ1) is 9.71. The Bertz CT molecular complexity index is 274. The maximum absolute atomic E-state index is 4.26. The molecule has 0 aromatic carbocycles. The highest BCUT2D eigenvalue weighted by atomic mass is 15.3. The third-order valence-corrected chi connectivity index (χ3v) is 2.96. The molecule has 1 aromatic heterocycles. The predicted molar refractivity (Wildman–Crippen MR) is 57.0 cm³/mol. The van der Waals surface area contributed by atoms with Gasteiger partial charge in [0, 0.05) is 30.9 Å². The van der Waals surface area contributed by atoms with Crippen LogP contribution in [0.4, 0.5) is 0 Å². The lowest BCUT2D eigenvalue weighted by molar-refractivity contribution is 0.524. The SMILES string of the molecule is CCn1cc(CNC2CCCC2)cn1. The van der Waals surface area contributed by atoms with Crippen LogP contribution in [0.5, 0.6) is 0 Å². The summed E-state index contributed by atoms with van der Waals surface area (Å²) in [4.78, 5) is 0. The predicted octanol–water partition coefficient (Wildman–Crippen LogP) is 1.94. The van der Waals surface area contributed by atoms with Crippen LogP contribution in [-0.2, 0) is 13.1 Å². The van der Waals surface area contributed by atoms with Gasteiger partial charge in [0.25, 0.3) is 0 Å². The maximum Gasteiger partial charge on any atom is 0.0534 e. The highest BCUT2D eigenvalue weighted by Crippen LogP contribution is 2.17. The largest absolute Gasteiger partial charge is 0.310 e. The smallest absolute Gasteiger partial charge is 0.0534 e. The number of hydrogen-bond acceptors (Lipinski definition) is 2. The topological polar surface area (TPSA) is 29.9 Å². The van der Waals surface area contributed by atoms with Crippen molar-refractivity contribution in [2.75, 3.05) is 0 Å². The van der Waals surface area contributed by atoms with E-state index in [1.165, 1.54) is 31.2 Å². The van der Waals surface area contributed by atoms with E-state index in [0.717, 1.165) is 19.1 Å². The molecule has 78 valence electrons. The molecular formula is C11H19N3. The summed E-state index contributed by atoms with van der Waals surface area (Å²) >= 11 is 0. The van der Waals surface area contributed by atoms with Gasteiger partial charge in [-0.1, -0.05) is 12.8 Å². The maximum atomic E-state index is 4.26. The third kappa shape index (κ3) is 2.35. The minimum atomic E-state index is 0.750. The van der Waals surface area contributed by atoms with E-state index in [0.29, 0.717) is 0 Å². The molecule has 2 rings (SSSR count). The van der Waals surface area contributed by atoms with Crippen LogP contribution in [-0.4, -0.2) is 15.8 Å². The number of nitrogens with zero attached hydrogens (tertiary/aromatic N) is 2. The first-order chi connectivity index (χ1) is 6.88. The van der Waals surface area contributed by atoms with Gasteiger partial charge in [0.2, 0.25) is 0 Å². The lowest BCUT2D eigenvalue weighted by atomic mass is 10.2. The molecule has 1 heterocycles. The molecule has 3 heteroatoms. The van der Waals surface area contributed by atoms with Gasteiger partial charge in [-0.15, -0.1) is 0 Å². The second-order valence-electron chi connectivity index (χ2n) is 4.07. The quantitative estimate of drug-likeness (QED) is 0.792. The molecular weight excluding hydrogens is 174 g/mol. The highest BCUT2D eigenvalue weighted by Gasteiger charge is 2.13. The molecule has 1 aliphatic carbocycles. The Morgan fingerprint density at radius 3 is 2.93 bits per heavy atom. The normalized spacial score (nSPS) is 17.8. The second-order valence-corrected chi connectivity index (χ2v) is 4.07. The second kappa shape index (κ2) is 4.60. The van der Waals surface area contributed by atoms with Crippen molar-refractivity contribution in [2.24, 2.45) is 0 Å². The number of rotatable bonds is 4.